The van der Waals surface area contributed by atoms with Gasteiger partial charge in [-0.15, -0.1) is 0 Å². The average molecular weight is 299 g/mol. The second-order valence-corrected chi connectivity index (χ2v) is 10.5. The molecule has 6 fully saturated rings. The zero-order valence-electron chi connectivity index (χ0n) is 14.4. The first-order chi connectivity index (χ1) is 10.8. The molecule has 0 saturated heterocycles. The Labute approximate surface area is 136 Å². The monoisotopic (exact) mass is 298 g/mol. The van der Waals surface area contributed by atoms with Crippen LogP contribution in [-0.4, -0.2) is 0 Å². The summed E-state index contributed by atoms with van der Waals surface area (Å²) < 4.78 is 0. The number of hydrogen-bond acceptors (Lipinski definition) is 0. The van der Waals surface area contributed by atoms with Gasteiger partial charge in [-0.05, 0) is 116 Å². The Bertz CT molecular complexity index is 425. The van der Waals surface area contributed by atoms with Gasteiger partial charge in [0.05, 0.1) is 0 Å². The highest BCUT2D eigenvalue weighted by Gasteiger charge is 2.59. The molecule has 0 heterocycles. The number of hydrogen-bond donors (Lipinski definition) is 0. The molecule has 6 saturated carbocycles. The van der Waals surface area contributed by atoms with Crippen molar-refractivity contribution in [3.63, 3.8) is 0 Å². The molecule has 6 aliphatic rings. The third-order valence-electron chi connectivity index (χ3n) is 10.3. The fourth-order valence-corrected chi connectivity index (χ4v) is 9.77. The first kappa shape index (κ1) is 13.3. The van der Waals surface area contributed by atoms with E-state index in [2.05, 4.69) is 6.92 Å². The standard InChI is InChI=1S/C22H34/c1-12(19-8-13-10-21(19)17-6-2-4-15(13)17)20-9-14-11-22(20)18-7-3-5-16(14)18/h12-22H,2-11H2,1H3. The van der Waals surface area contributed by atoms with Crippen molar-refractivity contribution in [2.75, 3.05) is 0 Å². The van der Waals surface area contributed by atoms with Crippen molar-refractivity contribution in [3.8, 4) is 0 Å². The predicted molar refractivity (Wildman–Crippen MR) is 90.2 cm³/mol. The van der Waals surface area contributed by atoms with Crippen LogP contribution in [0, 0.1) is 65.1 Å². The molecule has 22 heavy (non-hydrogen) atoms. The van der Waals surface area contributed by atoms with Gasteiger partial charge in [-0.3, -0.25) is 0 Å². The lowest BCUT2D eigenvalue weighted by Crippen LogP contribution is -2.36. The molecular formula is C22H34. The minimum atomic E-state index is 1.08. The third kappa shape index (κ3) is 1.56. The Morgan fingerprint density at radius 2 is 1.00 bits per heavy atom. The normalized spacial score (nSPS) is 62.6. The molecule has 0 radical (unpaired) electrons. The molecule has 6 rings (SSSR count). The Morgan fingerprint density at radius 3 is 1.50 bits per heavy atom. The number of rotatable bonds is 2. The van der Waals surface area contributed by atoms with Gasteiger partial charge in [0, 0.05) is 0 Å². The van der Waals surface area contributed by atoms with Gasteiger partial charge in [0.1, 0.15) is 0 Å². The van der Waals surface area contributed by atoms with E-state index < -0.39 is 0 Å². The van der Waals surface area contributed by atoms with Gasteiger partial charge in [-0.2, -0.15) is 0 Å². The van der Waals surface area contributed by atoms with Gasteiger partial charge in [0.15, 0.2) is 0 Å². The van der Waals surface area contributed by atoms with E-state index in [1.165, 1.54) is 47.3 Å². The van der Waals surface area contributed by atoms with E-state index in [-0.39, 0.29) is 0 Å². The van der Waals surface area contributed by atoms with Crippen molar-refractivity contribution in [1.29, 1.82) is 0 Å². The summed E-state index contributed by atoms with van der Waals surface area (Å²) in [4.78, 5) is 0. The Balaban J connectivity index is 1.22. The minimum Gasteiger partial charge on any atom is -0.0620 e. The molecule has 4 bridgehead atoms. The highest BCUT2D eigenvalue weighted by molar-refractivity contribution is 5.08. The summed E-state index contributed by atoms with van der Waals surface area (Å²) in [6, 6.07) is 0. The van der Waals surface area contributed by atoms with E-state index >= 15 is 0 Å². The average Bonchev–Trinajstić information content (AvgIpc) is 3.35. The second kappa shape index (κ2) is 4.54. The van der Waals surface area contributed by atoms with Gasteiger partial charge in [0.25, 0.3) is 0 Å². The Morgan fingerprint density at radius 1 is 0.545 bits per heavy atom. The molecule has 6 aliphatic carbocycles. The minimum absolute atomic E-state index is 1.08. The molecule has 0 aromatic carbocycles. The molecule has 0 N–H and O–H groups in total. The summed E-state index contributed by atoms with van der Waals surface area (Å²) in [7, 11) is 0. The lowest BCUT2D eigenvalue weighted by molar-refractivity contribution is 0.0635. The van der Waals surface area contributed by atoms with Gasteiger partial charge in [0.2, 0.25) is 0 Å². The van der Waals surface area contributed by atoms with E-state index in [4.69, 9.17) is 0 Å². The maximum absolute atomic E-state index is 2.71. The van der Waals surface area contributed by atoms with Crippen LogP contribution in [0.5, 0.6) is 0 Å². The fraction of sp³-hybridized carbons (Fsp3) is 1.00. The molecular weight excluding hydrogens is 264 g/mol. The topological polar surface area (TPSA) is 0 Å². The van der Waals surface area contributed by atoms with E-state index in [0.29, 0.717) is 0 Å². The van der Waals surface area contributed by atoms with Crippen LogP contribution >= 0.6 is 0 Å². The number of fused-ring (bicyclic) bond motifs is 10. The van der Waals surface area contributed by atoms with Crippen LogP contribution in [0.3, 0.4) is 0 Å². The maximum Gasteiger partial charge on any atom is -0.0349 e. The zero-order chi connectivity index (χ0) is 14.4. The van der Waals surface area contributed by atoms with E-state index in [9.17, 15) is 0 Å². The smallest absolute Gasteiger partial charge is 0.0349 e. The second-order valence-electron chi connectivity index (χ2n) is 10.5. The van der Waals surface area contributed by atoms with Crippen molar-refractivity contribution in [2.24, 2.45) is 65.1 Å². The van der Waals surface area contributed by atoms with E-state index in [1.807, 2.05) is 0 Å². The van der Waals surface area contributed by atoms with Gasteiger partial charge in [-0.25, -0.2) is 0 Å². The van der Waals surface area contributed by atoms with E-state index in [1.54, 1.807) is 64.2 Å². The SMILES string of the molecule is CC(C1CC2CC1C1CCCC21)C1CC2CC1C1CCCC21. The molecule has 0 spiro atoms. The van der Waals surface area contributed by atoms with Crippen molar-refractivity contribution in [1.82, 2.24) is 0 Å². The highest BCUT2D eigenvalue weighted by Crippen LogP contribution is 2.67. The summed E-state index contributed by atoms with van der Waals surface area (Å²) in [5.74, 6) is 12.8. The zero-order valence-corrected chi connectivity index (χ0v) is 14.4. The first-order valence-corrected chi connectivity index (χ1v) is 10.8. The largest absolute Gasteiger partial charge is 0.0620 e. The van der Waals surface area contributed by atoms with Crippen LogP contribution in [-0.2, 0) is 0 Å². The molecule has 0 nitrogen and oxygen atoms in total. The molecule has 10 unspecified atom stereocenters. The van der Waals surface area contributed by atoms with Crippen molar-refractivity contribution in [3.05, 3.63) is 0 Å². The van der Waals surface area contributed by atoms with Crippen LogP contribution in [0.2, 0.25) is 0 Å². The summed E-state index contributed by atoms with van der Waals surface area (Å²) in [5.41, 5.74) is 0. The van der Waals surface area contributed by atoms with Crippen LogP contribution < -0.4 is 0 Å². The van der Waals surface area contributed by atoms with Gasteiger partial charge < -0.3 is 0 Å². The molecule has 122 valence electrons. The van der Waals surface area contributed by atoms with E-state index in [0.717, 1.165) is 17.8 Å². The third-order valence-corrected chi connectivity index (χ3v) is 10.3. The highest BCUT2D eigenvalue weighted by atomic mass is 14.6. The first-order valence-electron chi connectivity index (χ1n) is 10.8. The summed E-state index contributed by atoms with van der Waals surface area (Å²) >= 11 is 0. The van der Waals surface area contributed by atoms with Gasteiger partial charge >= 0.3 is 0 Å². The Kier molecular flexibility index (Phi) is 2.75. The molecule has 0 heteroatoms. The summed E-state index contributed by atoms with van der Waals surface area (Å²) in [6.07, 6.45) is 16.2. The van der Waals surface area contributed by atoms with Crippen molar-refractivity contribution < 1.29 is 0 Å². The fourth-order valence-electron chi connectivity index (χ4n) is 9.77. The molecule has 0 aromatic rings. The Hall–Kier alpha value is 0. The molecule has 0 aromatic heterocycles. The predicted octanol–water partition coefficient (Wildman–Crippen LogP) is 5.77. The van der Waals surface area contributed by atoms with Crippen LogP contribution in [0.1, 0.15) is 71.1 Å². The lowest BCUT2D eigenvalue weighted by atomic mass is 9.63. The quantitative estimate of drug-likeness (QED) is 0.607. The van der Waals surface area contributed by atoms with Crippen LogP contribution in [0.25, 0.3) is 0 Å². The van der Waals surface area contributed by atoms with Crippen LogP contribution in [0.15, 0.2) is 0 Å². The van der Waals surface area contributed by atoms with Crippen molar-refractivity contribution in [2.45, 2.75) is 71.1 Å². The molecule has 0 aliphatic heterocycles. The van der Waals surface area contributed by atoms with Crippen molar-refractivity contribution >= 4 is 0 Å². The molecule has 0 amide bonds. The summed E-state index contributed by atoms with van der Waals surface area (Å²) in [5, 5.41) is 0. The van der Waals surface area contributed by atoms with Crippen LogP contribution in [0.4, 0.5) is 0 Å². The molecule has 10 atom stereocenters. The lowest BCUT2D eigenvalue weighted by Gasteiger charge is -2.42. The maximum atomic E-state index is 2.71. The van der Waals surface area contributed by atoms with Gasteiger partial charge in [-0.1, -0.05) is 19.8 Å². The summed E-state index contributed by atoms with van der Waals surface area (Å²) in [6.45, 7) is 2.71.